The number of rotatable bonds is 10. The lowest BCUT2D eigenvalue weighted by molar-refractivity contribution is 0.102. The molecule has 3 rings (SSSR count). The van der Waals surface area contributed by atoms with Crippen molar-refractivity contribution in [3.8, 4) is 17.2 Å². The number of carbonyl (C=O) groups is 1. The molecule has 0 atom stereocenters. The lowest BCUT2D eigenvalue weighted by Gasteiger charge is -2.14. The molecule has 0 aliphatic carbocycles. The van der Waals surface area contributed by atoms with Crippen molar-refractivity contribution >= 4 is 21.6 Å². The lowest BCUT2D eigenvalue weighted by atomic mass is 10.2. The Morgan fingerprint density at radius 1 is 0.875 bits per heavy atom. The van der Waals surface area contributed by atoms with Crippen LogP contribution in [0, 0.1) is 0 Å². The molecule has 0 spiro atoms. The van der Waals surface area contributed by atoms with Gasteiger partial charge in [-0.15, -0.1) is 0 Å². The highest BCUT2D eigenvalue weighted by Gasteiger charge is 2.14. The summed E-state index contributed by atoms with van der Waals surface area (Å²) >= 11 is 0. The number of sulfonamides is 1. The van der Waals surface area contributed by atoms with Crippen LogP contribution >= 0.6 is 0 Å². The zero-order valence-electron chi connectivity index (χ0n) is 17.5. The summed E-state index contributed by atoms with van der Waals surface area (Å²) in [7, 11) is -3.87. The number of hydrogen-bond donors (Lipinski definition) is 2. The zero-order chi connectivity index (χ0) is 23.0. The van der Waals surface area contributed by atoms with Gasteiger partial charge >= 0.3 is 0 Å². The Morgan fingerprint density at radius 3 is 2.34 bits per heavy atom. The summed E-state index contributed by atoms with van der Waals surface area (Å²) in [6, 6.07) is 19.9. The van der Waals surface area contributed by atoms with Crippen LogP contribution in [-0.2, 0) is 10.0 Å². The van der Waals surface area contributed by atoms with Gasteiger partial charge < -0.3 is 19.5 Å². The molecular weight excluding hydrogens is 432 g/mol. The number of nitrogens with two attached hydrogens (primary N) is 1. The second-order valence-corrected chi connectivity index (χ2v) is 8.19. The summed E-state index contributed by atoms with van der Waals surface area (Å²) in [4.78, 5) is 12.6. The normalized spacial score (nSPS) is 10.9. The first-order valence-corrected chi connectivity index (χ1v) is 11.4. The number of para-hydroxylation sites is 1. The first kappa shape index (κ1) is 23.1. The van der Waals surface area contributed by atoms with E-state index in [1.54, 1.807) is 24.3 Å². The highest BCUT2D eigenvalue weighted by Crippen LogP contribution is 2.29. The van der Waals surface area contributed by atoms with E-state index in [1.165, 1.54) is 18.2 Å². The van der Waals surface area contributed by atoms with E-state index in [2.05, 4.69) is 5.32 Å². The summed E-state index contributed by atoms with van der Waals surface area (Å²) < 4.78 is 40.0. The molecule has 0 radical (unpaired) electrons. The van der Waals surface area contributed by atoms with Gasteiger partial charge in [0.05, 0.1) is 11.5 Å². The highest BCUT2D eigenvalue weighted by atomic mass is 32.2. The van der Waals surface area contributed by atoms with E-state index in [0.717, 1.165) is 5.75 Å². The van der Waals surface area contributed by atoms with Crippen LogP contribution in [0.1, 0.15) is 17.3 Å². The third-order valence-electron chi connectivity index (χ3n) is 4.28. The van der Waals surface area contributed by atoms with E-state index in [0.29, 0.717) is 42.6 Å². The van der Waals surface area contributed by atoms with Gasteiger partial charge in [-0.3, -0.25) is 4.79 Å². The predicted octanol–water partition coefficient (Wildman–Crippen LogP) is 3.44. The molecule has 0 unspecified atom stereocenters. The minimum absolute atomic E-state index is 0.0909. The van der Waals surface area contributed by atoms with Crippen LogP contribution in [-0.4, -0.2) is 34.1 Å². The minimum Gasteiger partial charge on any atom is -0.490 e. The van der Waals surface area contributed by atoms with Gasteiger partial charge in [-0.05, 0) is 55.5 Å². The van der Waals surface area contributed by atoms with E-state index in [-0.39, 0.29) is 4.90 Å². The third kappa shape index (κ3) is 6.47. The second kappa shape index (κ2) is 10.7. The average Bonchev–Trinajstić information content (AvgIpc) is 2.78. The second-order valence-electron chi connectivity index (χ2n) is 6.63. The van der Waals surface area contributed by atoms with Crippen LogP contribution in [0.25, 0.3) is 0 Å². The Bertz CT molecular complexity index is 1170. The molecule has 0 bridgehead atoms. The summed E-state index contributed by atoms with van der Waals surface area (Å²) in [6.45, 7) is 2.85. The summed E-state index contributed by atoms with van der Waals surface area (Å²) in [6.07, 6.45) is 0. The maximum atomic E-state index is 12.7. The Kier molecular flexibility index (Phi) is 7.69. The van der Waals surface area contributed by atoms with Crippen molar-refractivity contribution in [2.45, 2.75) is 11.8 Å². The van der Waals surface area contributed by atoms with E-state index in [4.69, 9.17) is 19.3 Å². The molecule has 0 fully saturated rings. The Balaban J connectivity index is 1.66. The van der Waals surface area contributed by atoms with E-state index in [1.807, 2.05) is 37.3 Å². The number of amides is 1. The molecular formula is C23H24N2O6S. The smallest absolute Gasteiger partial charge is 0.255 e. The monoisotopic (exact) mass is 456 g/mol. The van der Waals surface area contributed by atoms with Crippen LogP contribution in [0.5, 0.6) is 17.2 Å². The number of primary sulfonamides is 1. The Morgan fingerprint density at radius 2 is 1.62 bits per heavy atom. The van der Waals surface area contributed by atoms with Gasteiger partial charge in [-0.1, -0.05) is 24.3 Å². The first-order chi connectivity index (χ1) is 15.4. The standard InChI is InChI=1S/C23H24N2O6S/c1-2-29-22-15-17(23(26)25-18-7-6-10-20(16-18)32(24,27)28)11-12-21(22)31-14-13-30-19-8-4-3-5-9-19/h3-12,15-16H,2,13-14H2,1H3,(H,25,26)(H2,24,27,28). The van der Waals surface area contributed by atoms with Crippen LogP contribution < -0.4 is 24.7 Å². The van der Waals surface area contributed by atoms with Gasteiger partial charge in [0.2, 0.25) is 10.0 Å². The fourth-order valence-electron chi connectivity index (χ4n) is 2.82. The number of hydrogen-bond acceptors (Lipinski definition) is 6. The van der Waals surface area contributed by atoms with E-state index in [9.17, 15) is 13.2 Å². The van der Waals surface area contributed by atoms with Gasteiger partial charge in [0.25, 0.3) is 5.91 Å². The number of nitrogens with one attached hydrogen (secondary N) is 1. The van der Waals surface area contributed by atoms with Gasteiger partial charge in [-0.25, -0.2) is 13.6 Å². The average molecular weight is 457 g/mol. The van der Waals surface area contributed by atoms with Crippen molar-refractivity contribution in [3.05, 3.63) is 78.4 Å². The maximum Gasteiger partial charge on any atom is 0.255 e. The lowest BCUT2D eigenvalue weighted by Crippen LogP contribution is -2.15. The van der Waals surface area contributed by atoms with Crippen molar-refractivity contribution in [3.63, 3.8) is 0 Å². The molecule has 3 aromatic carbocycles. The van der Waals surface area contributed by atoms with Crippen molar-refractivity contribution in [2.75, 3.05) is 25.1 Å². The number of ether oxygens (including phenoxy) is 3. The van der Waals surface area contributed by atoms with Crippen molar-refractivity contribution in [2.24, 2.45) is 5.14 Å². The van der Waals surface area contributed by atoms with Crippen LogP contribution in [0.4, 0.5) is 5.69 Å². The SMILES string of the molecule is CCOc1cc(C(=O)Nc2cccc(S(N)(=O)=O)c2)ccc1OCCOc1ccccc1. The fourth-order valence-corrected chi connectivity index (χ4v) is 3.38. The van der Waals surface area contributed by atoms with Crippen LogP contribution in [0.3, 0.4) is 0 Å². The topological polar surface area (TPSA) is 117 Å². The quantitative estimate of drug-likeness (QED) is 0.451. The van der Waals surface area contributed by atoms with Crippen molar-refractivity contribution in [1.29, 1.82) is 0 Å². The number of carbonyl (C=O) groups excluding carboxylic acids is 1. The minimum atomic E-state index is -3.87. The molecule has 0 saturated carbocycles. The highest BCUT2D eigenvalue weighted by molar-refractivity contribution is 7.89. The van der Waals surface area contributed by atoms with Gasteiger partial charge in [0, 0.05) is 11.3 Å². The van der Waals surface area contributed by atoms with E-state index < -0.39 is 15.9 Å². The molecule has 0 aliphatic heterocycles. The third-order valence-corrected chi connectivity index (χ3v) is 5.19. The summed E-state index contributed by atoms with van der Waals surface area (Å²) in [5.41, 5.74) is 0.625. The maximum absolute atomic E-state index is 12.7. The molecule has 9 heteroatoms. The van der Waals surface area contributed by atoms with E-state index >= 15 is 0 Å². The number of benzene rings is 3. The largest absolute Gasteiger partial charge is 0.490 e. The van der Waals surface area contributed by atoms with Gasteiger partial charge in [-0.2, -0.15) is 0 Å². The van der Waals surface area contributed by atoms with Gasteiger partial charge in [0.1, 0.15) is 19.0 Å². The first-order valence-electron chi connectivity index (χ1n) is 9.88. The molecule has 3 N–H and O–H groups in total. The molecule has 0 aliphatic rings. The molecule has 168 valence electrons. The molecule has 0 aromatic heterocycles. The fraction of sp³-hybridized carbons (Fsp3) is 0.174. The summed E-state index contributed by atoms with van der Waals surface area (Å²) in [5.74, 6) is 1.21. The molecule has 0 heterocycles. The molecule has 32 heavy (non-hydrogen) atoms. The molecule has 3 aromatic rings. The Hall–Kier alpha value is -3.56. The van der Waals surface area contributed by atoms with Crippen molar-refractivity contribution < 1.29 is 27.4 Å². The molecule has 0 saturated heterocycles. The number of anilines is 1. The van der Waals surface area contributed by atoms with Gasteiger partial charge in [0.15, 0.2) is 11.5 Å². The Labute approximate surface area is 187 Å². The predicted molar refractivity (Wildman–Crippen MR) is 121 cm³/mol. The van der Waals surface area contributed by atoms with Crippen LogP contribution in [0.2, 0.25) is 0 Å². The summed E-state index contributed by atoms with van der Waals surface area (Å²) in [5, 5.41) is 7.80. The molecule has 1 amide bonds. The molecule has 8 nitrogen and oxygen atoms in total. The van der Waals surface area contributed by atoms with Crippen molar-refractivity contribution in [1.82, 2.24) is 0 Å². The van der Waals surface area contributed by atoms with Crippen LogP contribution in [0.15, 0.2) is 77.7 Å². The zero-order valence-corrected chi connectivity index (χ0v) is 18.3.